The molecule has 2 aromatic heterocycles. The number of rotatable bonds is 3. The number of H-pyrrole nitrogens is 1. The van der Waals surface area contributed by atoms with E-state index >= 15 is 0 Å². The van der Waals surface area contributed by atoms with Crippen LogP contribution in [0.15, 0.2) is 128 Å². The van der Waals surface area contributed by atoms with Crippen LogP contribution in [0.4, 0.5) is 0 Å². The quantitative estimate of drug-likeness (QED) is 0.207. The molecule has 8 aromatic rings. The van der Waals surface area contributed by atoms with Gasteiger partial charge in [0.2, 0.25) is 0 Å². The van der Waals surface area contributed by atoms with Crippen LogP contribution in [-0.4, -0.2) is 23.1 Å². The highest BCUT2D eigenvalue weighted by atomic mass is 32.1. The number of aryl methyl sites for hydroxylation is 2. The number of nitrogens with zero attached hydrogens (tertiary/aromatic N) is 1. The van der Waals surface area contributed by atoms with E-state index in [2.05, 4.69) is 164 Å². The Morgan fingerprint density at radius 2 is 1.39 bits per heavy atom. The van der Waals surface area contributed by atoms with Crippen molar-refractivity contribution in [1.29, 1.82) is 0 Å². The van der Waals surface area contributed by atoms with E-state index in [0.29, 0.717) is 6.04 Å². The van der Waals surface area contributed by atoms with Gasteiger partial charge >= 0.3 is 0 Å². The highest BCUT2D eigenvalue weighted by Gasteiger charge is 2.21. The van der Waals surface area contributed by atoms with Gasteiger partial charge in [0.1, 0.15) is 0 Å². The first-order valence-corrected chi connectivity index (χ1v) is 16.9. The second kappa shape index (κ2) is 11.5. The molecule has 2 unspecified atom stereocenters. The molecule has 1 aliphatic heterocycles. The maximum Gasteiger partial charge on any atom is 0.0988 e. The number of thiophene rings is 1. The van der Waals surface area contributed by atoms with Gasteiger partial charge in [0.15, 0.2) is 0 Å². The van der Waals surface area contributed by atoms with Crippen molar-refractivity contribution in [1.82, 2.24) is 15.2 Å². The summed E-state index contributed by atoms with van der Waals surface area (Å²) in [6.45, 7) is 6.64. The Morgan fingerprint density at radius 3 is 2.22 bits per heavy atom. The lowest BCUT2D eigenvalue weighted by Gasteiger charge is -2.36. The third-order valence-corrected chi connectivity index (χ3v) is 10.9. The molecule has 2 N–H and O–H groups in total. The van der Waals surface area contributed by atoms with Crippen LogP contribution in [0.1, 0.15) is 29.7 Å². The number of nitrogens with one attached hydrogen (secondary N) is 2. The van der Waals surface area contributed by atoms with Crippen molar-refractivity contribution in [2.24, 2.45) is 0 Å². The van der Waals surface area contributed by atoms with Crippen LogP contribution in [0.25, 0.3) is 63.5 Å². The fourth-order valence-corrected chi connectivity index (χ4v) is 8.85. The van der Waals surface area contributed by atoms with E-state index in [0.717, 1.165) is 0 Å². The van der Waals surface area contributed by atoms with Gasteiger partial charge in [-0.25, -0.2) is 0 Å². The Hall–Kier alpha value is -4.90. The maximum absolute atomic E-state index is 3.72. The van der Waals surface area contributed by atoms with E-state index in [4.69, 9.17) is 0 Å². The molecule has 0 bridgehead atoms. The van der Waals surface area contributed by atoms with E-state index < -0.39 is 0 Å². The second-order valence-corrected chi connectivity index (χ2v) is 13.3. The van der Waals surface area contributed by atoms with E-state index in [9.17, 15) is 0 Å². The molecule has 0 aliphatic carbocycles. The summed E-state index contributed by atoms with van der Waals surface area (Å²) in [5.41, 5.74) is 6.53. The fourth-order valence-electron chi connectivity index (χ4n) is 7.38. The smallest absolute Gasteiger partial charge is 0.0988 e. The normalized spacial score (nSPS) is 15.4. The number of hydrogen-bond acceptors (Lipinski definition) is 3. The Morgan fingerprint density at radius 1 is 0.674 bits per heavy atom. The van der Waals surface area contributed by atoms with Crippen LogP contribution in [0.2, 0.25) is 0 Å². The van der Waals surface area contributed by atoms with Gasteiger partial charge in [0.05, 0.1) is 17.7 Å². The Bertz CT molecular complexity index is 2480. The molecule has 6 aromatic carbocycles. The number of hydrogen-bond donors (Lipinski definition) is 2. The number of aromatic amines is 1. The van der Waals surface area contributed by atoms with Gasteiger partial charge in [-0.05, 0) is 68.1 Å². The molecule has 0 amide bonds. The van der Waals surface area contributed by atoms with Crippen LogP contribution in [0, 0.1) is 13.8 Å². The minimum atomic E-state index is 0.273. The minimum Gasteiger partial charge on any atom is -0.354 e. The molecule has 0 spiro atoms. The van der Waals surface area contributed by atoms with Crippen molar-refractivity contribution in [2.45, 2.75) is 33.0 Å². The number of fused-ring (bicyclic) bond motifs is 12. The Labute approximate surface area is 273 Å². The zero-order chi connectivity index (χ0) is 31.4. The highest BCUT2D eigenvalue weighted by molar-refractivity contribution is 7.27. The first kappa shape index (κ1) is 28.6. The number of aromatic nitrogens is 1. The Balaban J connectivity index is 0.000000158. The number of allylic oxidation sites excluding steroid dienone is 2. The lowest BCUT2D eigenvalue weighted by molar-refractivity contribution is 0.225. The zero-order valence-electron chi connectivity index (χ0n) is 26.6. The molecule has 0 saturated carbocycles. The molecule has 0 radical (unpaired) electrons. The predicted octanol–water partition coefficient (Wildman–Crippen LogP) is 11.3. The molecular formula is C42H37N3S. The van der Waals surface area contributed by atoms with Crippen molar-refractivity contribution in [3.63, 3.8) is 0 Å². The molecule has 0 fully saturated rings. The molecule has 3 heterocycles. The van der Waals surface area contributed by atoms with Gasteiger partial charge in [-0.15, -0.1) is 11.3 Å². The van der Waals surface area contributed by atoms with Crippen LogP contribution in [0.3, 0.4) is 0 Å². The lowest BCUT2D eigenvalue weighted by atomic mass is 9.97. The third kappa shape index (κ3) is 4.52. The standard InChI is InChI=1S/C27H17NS.C15H20N2/c1-15-7-6-8-16-13-14-20-24-23-19-11-4-5-12-21(19)28-25(23)17-9-2-3-10-18(17)26(24)29-27(20)22(15)16;1-12-8-4-5-9-14(12)13(2)17-11-7-6-10-15(17)16-3/h2-14,28H,1H3;4-11,13,15-16H,1-3H3. The van der Waals surface area contributed by atoms with Crippen LogP contribution in [-0.2, 0) is 0 Å². The van der Waals surface area contributed by atoms with E-state index in [-0.39, 0.29) is 6.17 Å². The highest BCUT2D eigenvalue weighted by Crippen LogP contribution is 2.48. The lowest BCUT2D eigenvalue weighted by Crippen LogP contribution is -2.41. The maximum atomic E-state index is 3.72. The topological polar surface area (TPSA) is 31.1 Å². The molecule has 2 atom stereocenters. The summed E-state index contributed by atoms with van der Waals surface area (Å²) >= 11 is 1.95. The fraction of sp³-hybridized carbons (Fsp3) is 0.143. The SMILES string of the molecule is CNC1C=CC=CN1C(C)c1ccccc1C.Cc1cccc2ccc3c(sc4c5ccccc5c5[nH]c6ccccc6c5c34)c12. The number of benzene rings is 6. The first-order chi connectivity index (χ1) is 22.5. The van der Waals surface area contributed by atoms with Crippen LogP contribution < -0.4 is 5.32 Å². The molecule has 1 aliphatic rings. The molecular weight excluding hydrogens is 579 g/mol. The second-order valence-electron chi connectivity index (χ2n) is 12.3. The van der Waals surface area contributed by atoms with Crippen molar-refractivity contribution < 1.29 is 0 Å². The van der Waals surface area contributed by atoms with E-state index in [1.807, 2.05) is 18.4 Å². The predicted molar refractivity (Wildman–Crippen MR) is 201 cm³/mol. The van der Waals surface area contributed by atoms with Gasteiger partial charge in [0, 0.05) is 58.8 Å². The summed E-state index contributed by atoms with van der Waals surface area (Å²) in [6, 6.07) is 37.7. The summed E-state index contributed by atoms with van der Waals surface area (Å²) in [4.78, 5) is 6.06. The molecule has 9 rings (SSSR count). The van der Waals surface area contributed by atoms with Gasteiger partial charge in [-0.1, -0.05) is 103 Å². The largest absolute Gasteiger partial charge is 0.354 e. The van der Waals surface area contributed by atoms with Crippen molar-refractivity contribution in [3.8, 4) is 0 Å². The van der Waals surface area contributed by atoms with Gasteiger partial charge in [0.25, 0.3) is 0 Å². The summed E-state index contributed by atoms with van der Waals surface area (Å²) in [5, 5.41) is 14.1. The molecule has 4 heteroatoms. The van der Waals surface area contributed by atoms with Crippen molar-refractivity contribution in [3.05, 3.63) is 144 Å². The first-order valence-electron chi connectivity index (χ1n) is 16.1. The summed E-state index contributed by atoms with van der Waals surface area (Å²) < 4.78 is 2.79. The van der Waals surface area contributed by atoms with Crippen LogP contribution >= 0.6 is 11.3 Å². The number of likely N-dealkylation sites (N-methyl/N-ethyl adjacent to an activating group) is 1. The van der Waals surface area contributed by atoms with Gasteiger partial charge in [-0.2, -0.15) is 0 Å². The average molecular weight is 616 g/mol. The molecule has 3 nitrogen and oxygen atoms in total. The monoisotopic (exact) mass is 615 g/mol. The van der Waals surface area contributed by atoms with Gasteiger partial charge in [-0.3, -0.25) is 5.32 Å². The third-order valence-electron chi connectivity index (χ3n) is 9.67. The van der Waals surface area contributed by atoms with Crippen LogP contribution in [0.5, 0.6) is 0 Å². The summed E-state index contributed by atoms with van der Waals surface area (Å²) in [6.07, 6.45) is 8.77. The minimum absolute atomic E-state index is 0.273. The summed E-state index contributed by atoms with van der Waals surface area (Å²) in [5.74, 6) is 0. The van der Waals surface area contributed by atoms with E-state index in [1.54, 1.807) is 0 Å². The average Bonchev–Trinajstić information content (AvgIpc) is 3.68. The summed E-state index contributed by atoms with van der Waals surface area (Å²) in [7, 11) is 1.99. The molecule has 0 saturated heterocycles. The van der Waals surface area contributed by atoms with E-state index in [1.165, 1.54) is 80.2 Å². The Kier molecular flexibility index (Phi) is 7.12. The molecule has 226 valence electrons. The zero-order valence-corrected chi connectivity index (χ0v) is 27.5. The van der Waals surface area contributed by atoms with Gasteiger partial charge < -0.3 is 9.88 Å². The van der Waals surface area contributed by atoms with Crippen molar-refractivity contribution in [2.75, 3.05) is 7.05 Å². The number of para-hydroxylation sites is 1. The molecule has 46 heavy (non-hydrogen) atoms. The van der Waals surface area contributed by atoms with Crippen molar-refractivity contribution >= 4 is 74.9 Å².